The Kier molecular flexibility index (Phi) is 20.0. The molecule has 0 radical (unpaired) electrons. The predicted molar refractivity (Wildman–Crippen MR) is 232 cm³/mol. The second-order valence-electron chi connectivity index (χ2n) is 16.3. The van der Waals surface area contributed by atoms with Crippen molar-refractivity contribution in [2.24, 2.45) is 0 Å². The minimum atomic E-state index is -5.08. The first kappa shape index (κ1) is 56.2. The monoisotopic (exact) mass is 1000 g/mol. The summed E-state index contributed by atoms with van der Waals surface area (Å²) in [6, 6.07) is 19.4. The lowest BCUT2D eigenvalue weighted by atomic mass is 9.92. The smallest absolute Gasteiger partial charge is 0.488 e. The van der Waals surface area contributed by atoms with E-state index >= 15 is 0 Å². The molecule has 6 rings (SSSR count). The third kappa shape index (κ3) is 15.8. The average molecular weight is 1000 g/mol. The highest BCUT2D eigenvalue weighted by Crippen LogP contribution is 2.36. The normalized spacial score (nSPS) is 16.7. The summed E-state index contributed by atoms with van der Waals surface area (Å²) in [5.74, 6) is -7.20. The van der Waals surface area contributed by atoms with Gasteiger partial charge in [-0.25, -0.2) is 27.2 Å². The number of benzene rings is 4. The van der Waals surface area contributed by atoms with Gasteiger partial charge in [0.05, 0.1) is 11.1 Å². The van der Waals surface area contributed by atoms with Crippen molar-refractivity contribution in [3.05, 3.63) is 117 Å². The molecule has 2 heterocycles. The van der Waals surface area contributed by atoms with Crippen molar-refractivity contribution in [2.45, 2.75) is 116 Å². The maximum Gasteiger partial charge on any atom is 0.490 e. The fraction of sp³-hybridized carbons (Fsp3) is 0.417. The number of halogens is 10. The van der Waals surface area contributed by atoms with Crippen molar-refractivity contribution < 1.29 is 93.0 Å². The van der Waals surface area contributed by atoms with Gasteiger partial charge in [0.1, 0.15) is 36.8 Å². The Morgan fingerprint density at radius 3 is 1.21 bits per heavy atom. The van der Waals surface area contributed by atoms with Gasteiger partial charge in [0, 0.05) is 13.1 Å². The van der Waals surface area contributed by atoms with E-state index in [0.717, 1.165) is 59.1 Å². The Bertz CT molecular complexity index is 2280. The third-order valence-corrected chi connectivity index (χ3v) is 11.6. The van der Waals surface area contributed by atoms with Crippen molar-refractivity contribution in [1.29, 1.82) is 0 Å². The van der Waals surface area contributed by atoms with Gasteiger partial charge < -0.3 is 29.9 Å². The number of likely N-dealkylation sites (tertiary alicyclic amines) is 2. The Morgan fingerprint density at radius 2 is 0.914 bits per heavy atom. The SMILES string of the molecule is Cc1c(COc2ccc(CN3CCCC[C@H]3C(=O)O)cc2C(F)F)cccc1-c1cccc(COc2ccc(CN3CCCC[C@H]3C(=O)O)cc2C(F)F)c1C.O=C(O)C(F)(F)F.O=C(O)C(F)(F)F. The van der Waals surface area contributed by atoms with Gasteiger partial charge in [0.2, 0.25) is 0 Å². The molecule has 0 spiro atoms. The molecule has 4 aromatic carbocycles. The van der Waals surface area contributed by atoms with Crippen molar-refractivity contribution >= 4 is 23.9 Å². The highest BCUT2D eigenvalue weighted by atomic mass is 19.4. The number of nitrogens with zero attached hydrogens (tertiary/aromatic N) is 2. The Hall–Kier alpha value is -6.42. The van der Waals surface area contributed by atoms with Crippen LogP contribution in [0.1, 0.15) is 95.9 Å². The number of alkyl halides is 10. The standard InChI is InChI=1S/C44H48F4N2O6.2C2HF3O2/c1-27-31(25-55-39-17-15-29(21-35(39)41(45)46)23-49-19-5-3-13-37(49)43(51)52)9-7-11-33(27)34-12-8-10-32(28(34)2)26-56-40-18-16-30(22-36(40)42(47)48)24-50-20-6-4-14-38(50)44(53)54;2*3-2(4,5)1(6)7/h7-12,15-18,21-22,37-38,41-42H,3-6,13-14,19-20,23-26H2,1-2H3,(H,51,52)(H,53,54);2*(H,6,7)/t37-,38-;;/m0../s1. The number of hydrogen-bond acceptors (Lipinski definition) is 8. The second-order valence-corrected chi connectivity index (χ2v) is 16.3. The van der Waals surface area contributed by atoms with Crippen molar-refractivity contribution in [2.75, 3.05) is 13.1 Å². The number of carboxylic acid groups (broad SMARTS) is 4. The minimum absolute atomic E-state index is 0.0366. The van der Waals surface area contributed by atoms with Gasteiger partial charge in [0.15, 0.2) is 0 Å². The maximum atomic E-state index is 14.3. The molecule has 382 valence electrons. The molecule has 70 heavy (non-hydrogen) atoms. The van der Waals surface area contributed by atoms with Gasteiger partial charge >= 0.3 is 36.2 Å². The fourth-order valence-electron chi connectivity index (χ4n) is 7.96. The Morgan fingerprint density at radius 1 is 0.571 bits per heavy atom. The average Bonchev–Trinajstić information content (AvgIpc) is 3.29. The quantitative estimate of drug-likeness (QED) is 0.0831. The highest BCUT2D eigenvalue weighted by Gasteiger charge is 2.39. The van der Waals surface area contributed by atoms with Gasteiger partial charge in [-0.05, 0) is 121 Å². The number of carbonyl (C=O) groups is 4. The maximum absolute atomic E-state index is 14.3. The second kappa shape index (κ2) is 24.9. The number of aliphatic carboxylic acids is 4. The van der Waals surface area contributed by atoms with Crippen LogP contribution in [0.3, 0.4) is 0 Å². The molecule has 0 saturated carbocycles. The molecule has 2 atom stereocenters. The molecule has 0 unspecified atom stereocenters. The topological polar surface area (TPSA) is 174 Å². The number of carboxylic acids is 4. The van der Waals surface area contributed by atoms with Crippen LogP contribution in [-0.4, -0.2) is 91.6 Å². The molecule has 2 fully saturated rings. The summed E-state index contributed by atoms with van der Waals surface area (Å²) in [6.07, 6.45) is -11.3. The number of rotatable bonds is 15. The lowest BCUT2D eigenvalue weighted by Gasteiger charge is -2.33. The van der Waals surface area contributed by atoms with Crippen LogP contribution in [0.4, 0.5) is 43.9 Å². The van der Waals surface area contributed by atoms with Crippen LogP contribution in [-0.2, 0) is 45.5 Å². The van der Waals surface area contributed by atoms with E-state index in [4.69, 9.17) is 29.3 Å². The third-order valence-electron chi connectivity index (χ3n) is 11.6. The van der Waals surface area contributed by atoms with Gasteiger partial charge in [-0.3, -0.25) is 19.4 Å². The summed E-state index contributed by atoms with van der Waals surface area (Å²) in [5.41, 5.74) is 5.89. The van der Waals surface area contributed by atoms with Crippen LogP contribution in [0.5, 0.6) is 11.5 Å². The zero-order valence-corrected chi connectivity index (χ0v) is 37.6. The van der Waals surface area contributed by atoms with E-state index in [9.17, 15) is 63.7 Å². The van der Waals surface area contributed by atoms with Crippen LogP contribution in [0, 0.1) is 13.8 Å². The number of piperidine rings is 2. The molecule has 4 aromatic rings. The molecular formula is C48H50F10N2O10. The van der Waals surface area contributed by atoms with E-state index in [0.29, 0.717) is 37.1 Å². The summed E-state index contributed by atoms with van der Waals surface area (Å²) in [7, 11) is 0. The number of ether oxygens (including phenoxy) is 2. The first-order valence-electron chi connectivity index (χ1n) is 21.6. The zero-order valence-electron chi connectivity index (χ0n) is 37.6. The van der Waals surface area contributed by atoms with E-state index in [2.05, 4.69) is 0 Å². The molecule has 0 amide bonds. The summed E-state index contributed by atoms with van der Waals surface area (Å²) >= 11 is 0. The molecule has 0 aliphatic carbocycles. The van der Waals surface area contributed by atoms with Crippen molar-refractivity contribution in [1.82, 2.24) is 9.80 Å². The van der Waals surface area contributed by atoms with Crippen LogP contribution in [0.25, 0.3) is 11.1 Å². The number of hydrogen-bond donors (Lipinski definition) is 4. The molecular weight excluding hydrogens is 955 g/mol. The summed E-state index contributed by atoms with van der Waals surface area (Å²) in [4.78, 5) is 44.9. The minimum Gasteiger partial charge on any atom is -0.488 e. The first-order valence-corrected chi connectivity index (χ1v) is 21.6. The fourth-order valence-corrected chi connectivity index (χ4v) is 7.96. The van der Waals surface area contributed by atoms with E-state index < -0.39 is 61.2 Å². The van der Waals surface area contributed by atoms with Gasteiger partial charge in [0.25, 0.3) is 12.9 Å². The highest BCUT2D eigenvalue weighted by molar-refractivity contribution is 5.75. The molecule has 4 N–H and O–H groups in total. The first-order chi connectivity index (χ1) is 32.8. The van der Waals surface area contributed by atoms with Crippen molar-refractivity contribution in [3.63, 3.8) is 0 Å². The van der Waals surface area contributed by atoms with E-state index in [1.165, 1.54) is 24.3 Å². The summed E-state index contributed by atoms with van der Waals surface area (Å²) < 4.78 is 133. The van der Waals surface area contributed by atoms with E-state index in [1.54, 1.807) is 12.1 Å². The Balaban J connectivity index is 0.000000664. The van der Waals surface area contributed by atoms with Crippen molar-refractivity contribution in [3.8, 4) is 22.6 Å². The molecule has 2 aliphatic heterocycles. The molecule has 0 aromatic heterocycles. The zero-order chi connectivity index (χ0) is 52.1. The van der Waals surface area contributed by atoms with E-state index in [1.807, 2.05) is 60.0 Å². The largest absolute Gasteiger partial charge is 0.490 e. The van der Waals surface area contributed by atoms with Crippen LogP contribution < -0.4 is 9.47 Å². The molecule has 22 heteroatoms. The molecule has 2 saturated heterocycles. The lowest BCUT2D eigenvalue weighted by molar-refractivity contribution is -0.193. The van der Waals surface area contributed by atoms with Crippen LogP contribution >= 0.6 is 0 Å². The molecule has 2 aliphatic rings. The predicted octanol–water partition coefficient (Wildman–Crippen LogP) is 11.1. The van der Waals surface area contributed by atoms with Crippen LogP contribution in [0.2, 0.25) is 0 Å². The lowest BCUT2D eigenvalue weighted by Crippen LogP contribution is -2.44. The van der Waals surface area contributed by atoms with Gasteiger partial charge in [-0.1, -0.05) is 61.4 Å². The van der Waals surface area contributed by atoms with Gasteiger partial charge in [-0.15, -0.1) is 0 Å². The van der Waals surface area contributed by atoms with Crippen LogP contribution in [0.15, 0.2) is 72.8 Å². The van der Waals surface area contributed by atoms with E-state index in [-0.39, 0.29) is 48.9 Å². The Labute approximate surface area is 395 Å². The summed E-state index contributed by atoms with van der Waals surface area (Å²) in [6.45, 7) is 5.65. The molecule has 12 nitrogen and oxygen atoms in total. The molecule has 0 bridgehead atoms. The van der Waals surface area contributed by atoms with Gasteiger partial charge in [-0.2, -0.15) is 26.3 Å². The summed E-state index contributed by atoms with van der Waals surface area (Å²) in [5, 5.41) is 33.5.